The molecule has 172 valence electrons. The molecule has 1 aromatic carbocycles. The summed E-state index contributed by atoms with van der Waals surface area (Å²) in [6.45, 7) is 2.14. The maximum Gasteiger partial charge on any atom is 0.318 e. The van der Waals surface area contributed by atoms with Crippen molar-refractivity contribution in [2.75, 3.05) is 30.4 Å². The predicted molar refractivity (Wildman–Crippen MR) is 125 cm³/mol. The molecule has 3 aromatic rings. The topological polar surface area (TPSA) is 104 Å². The Balaban J connectivity index is 1.20. The van der Waals surface area contributed by atoms with Crippen LogP contribution in [0.5, 0.6) is 0 Å². The fraction of sp³-hybridized carbons (Fsp3) is 0.435. The zero-order chi connectivity index (χ0) is 22.6. The van der Waals surface area contributed by atoms with Crippen LogP contribution in [0.2, 0.25) is 0 Å². The average Bonchev–Trinajstić information content (AvgIpc) is 3.33. The van der Waals surface area contributed by atoms with Crippen molar-refractivity contribution in [2.24, 2.45) is 0 Å². The zero-order valence-corrected chi connectivity index (χ0v) is 18.8. The second-order valence-electron chi connectivity index (χ2n) is 8.55. The number of urea groups is 1. The highest BCUT2D eigenvalue weighted by molar-refractivity contribution is 5.75. The van der Waals surface area contributed by atoms with Crippen LogP contribution in [0.1, 0.15) is 31.2 Å². The largest absolute Gasteiger partial charge is 0.373 e. The second kappa shape index (κ2) is 9.43. The van der Waals surface area contributed by atoms with E-state index in [1.54, 1.807) is 17.3 Å². The van der Waals surface area contributed by atoms with E-state index in [0.29, 0.717) is 19.1 Å². The fourth-order valence-electron chi connectivity index (χ4n) is 4.34. The van der Waals surface area contributed by atoms with Gasteiger partial charge in [-0.2, -0.15) is 5.10 Å². The molecule has 1 atom stereocenters. The van der Waals surface area contributed by atoms with Crippen molar-refractivity contribution in [2.45, 2.75) is 44.3 Å². The zero-order valence-electron chi connectivity index (χ0n) is 18.8. The Morgan fingerprint density at radius 2 is 2.00 bits per heavy atom. The van der Waals surface area contributed by atoms with Crippen molar-refractivity contribution < 1.29 is 4.79 Å². The molecule has 5 rings (SSSR count). The van der Waals surface area contributed by atoms with Gasteiger partial charge in [-0.05, 0) is 43.4 Å². The fourth-order valence-corrected chi connectivity index (χ4v) is 4.34. The van der Waals surface area contributed by atoms with Crippen molar-refractivity contribution in [3.63, 3.8) is 0 Å². The molecule has 2 N–H and O–H groups in total. The van der Waals surface area contributed by atoms with Crippen molar-refractivity contribution in [3.8, 4) is 5.69 Å². The highest BCUT2D eigenvalue weighted by Crippen LogP contribution is 2.29. The lowest BCUT2D eigenvalue weighted by atomic mass is 10.2. The number of hydrogen-bond acceptors (Lipinski definition) is 7. The number of hydrogen-bond donors (Lipinski definition) is 2. The number of amides is 2. The van der Waals surface area contributed by atoms with Crippen molar-refractivity contribution in [3.05, 3.63) is 54.9 Å². The van der Waals surface area contributed by atoms with Gasteiger partial charge < -0.3 is 20.4 Å². The Kier molecular flexibility index (Phi) is 6.05. The molecule has 1 aliphatic carbocycles. The van der Waals surface area contributed by atoms with Crippen LogP contribution in [-0.2, 0) is 6.54 Å². The number of benzene rings is 1. The Bertz CT molecular complexity index is 1070. The number of carbonyl (C=O) groups is 1. The smallest absolute Gasteiger partial charge is 0.318 e. The van der Waals surface area contributed by atoms with Gasteiger partial charge in [0.2, 0.25) is 0 Å². The molecule has 1 unspecified atom stereocenters. The molecule has 2 aliphatic rings. The number of nitrogens with zero attached hydrogens (tertiary/aromatic N) is 7. The van der Waals surface area contributed by atoms with Gasteiger partial charge in [-0.3, -0.25) is 0 Å². The van der Waals surface area contributed by atoms with Crippen molar-refractivity contribution >= 4 is 17.7 Å². The maximum absolute atomic E-state index is 13.1. The van der Waals surface area contributed by atoms with E-state index in [1.807, 2.05) is 42.3 Å². The molecule has 1 saturated heterocycles. The van der Waals surface area contributed by atoms with Crippen LogP contribution in [0.3, 0.4) is 0 Å². The normalized spacial score (nSPS) is 17.7. The molecule has 0 bridgehead atoms. The molecule has 3 heterocycles. The van der Waals surface area contributed by atoms with E-state index in [0.717, 1.165) is 55.1 Å². The third-order valence-corrected chi connectivity index (χ3v) is 6.29. The summed E-state index contributed by atoms with van der Waals surface area (Å²) in [5.74, 6) is 1.70. The van der Waals surface area contributed by atoms with E-state index in [2.05, 4.69) is 35.6 Å². The third kappa shape index (κ3) is 4.89. The summed E-state index contributed by atoms with van der Waals surface area (Å²) in [6, 6.07) is 10.6. The number of carbonyl (C=O) groups excluding carboxylic acids is 1. The van der Waals surface area contributed by atoms with Gasteiger partial charge >= 0.3 is 6.03 Å². The molecule has 2 amide bonds. The van der Waals surface area contributed by atoms with Gasteiger partial charge in [-0.1, -0.05) is 12.1 Å². The molecular formula is C23H29N9O. The molecule has 33 heavy (non-hydrogen) atoms. The lowest BCUT2D eigenvalue weighted by Gasteiger charge is -2.28. The van der Waals surface area contributed by atoms with Gasteiger partial charge in [0.1, 0.15) is 30.6 Å². The van der Waals surface area contributed by atoms with Gasteiger partial charge in [0, 0.05) is 44.8 Å². The lowest BCUT2D eigenvalue weighted by Crippen LogP contribution is -2.46. The van der Waals surface area contributed by atoms with Crippen LogP contribution in [0, 0.1) is 0 Å². The minimum atomic E-state index is 0.00306. The number of nitrogens with one attached hydrogen (secondary N) is 2. The van der Waals surface area contributed by atoms with E-state index >= 15 is 0 Å². The molecule has 10 heteroatoms. The number of anilines is 2. The quantitative estimate of drug-likeness (QED) is 0.547. The highest BCUT2D eigenvalue weighted by atomic mass is 16.2. The van der Waals surface area contributed by atoms with Crippen LogP contribution in [0.25, 0.3) is 5.69 Å². The Labute approximate surface area is 193 Å². The Hall–Kier alpha value is -3.69. The van der Waals surface area contributed by atoms with Crippen LogP contribution < -0.4 is 15.5 Å². The van der Waals surface area contributed by atoms with Crippen molar-refractivity contribution in [1.82, 2.24) is 34.9 Å². The first-order valence-electron chi connectivity index (χ1n) is 11.5. The Morgan fingerprint density at radius 1 is 1.15 bits per heavy atom. The highest BCUT2D eigenvalue weighted by Gasteiger charge is 2.33. The minimum Gasteiger partial charge on any atom is -0.373 e. The Morgan fingerprint density at radius 3 is 2.73 bits per heavy atom. The summed E-state index contributed by atoms with van der Waals surface area (Å²) in [5, 5.41) is 10.4. The standard InChI is InChI=1S/C23H29N9O/c1-24-21-11-22(28-15-27-21)30-10-2-3-20(30)12-26-23(33)31(18-8-9-18)13-17-4-6-19(7-5-17)32-16-25-14-29-32/h4-7,11,14-16,18,20H,2-3,8-10,12-13H2,1H3,(H,26,33)(H,24,27,28). The van der Waals surface area contributed by atoms with Gasteiger partial charge in [0.05, 0.1) is 5.69 Å². The predicted octanol–water partition coefficient (Wildman–Crippen LogP) is 2.44. The summed E-state index contributed by atoms with van der Waals surface area (Å²) in [5.41, 5.74) is 2.05. The molecule has 0 radical (unpaired) electrons. The number of aromatic nitrogens is 5. The summed E-state index contributed by atoms with van der Waals surface area (Å²) in [7, 11) is 1.85. The van der Waals surface area contributed by atoms with E-state index in [9.17, 15) is 4.79 Å². The van der Waals surface area contributed by atoms with Crippen LogP contribution in [-0.4, -0.2) is 67.9 Å². The van der Waals surface area contributed by atoms with Gasteiger partial charge in [-0.25, -0.2) is 24.4 Å². The van der Waals surface area contributed by atoms with E-state index < -0.39 is 0 Å². The van der Waals surface area contributed by atoms with E-state index in [-0.39, 0.29) is 12.1 Å². The first-order valence-corrected chi connectivity index (χ1v) is 11.5. The molecule has 10 nitrogen and oxygen atoms in total. The molecule has 1 saturated carbocycles. The second-order valence-corrected chi connectivity index (χ2v) is 8.55. The van der Waals surface area contributed by atoms with E-state index in [4.69, 9.17) is 0 Å². The minimum absolute atomic E-state index is 0.00306. The molecule has 2 aromatic heterocycles. The summed E-state index contributed by atoms with van der Waals surface area (Å²) >= 11 is 0. The van der Waals surface area contributed by atoms with Crippen LogP contribution in [0.15, 0.2) is 49.3 Å². The molecular weight excluding hydrogens is 418 g/mol. The number of rotatable bonds is 8. The third-order valence-electron chi connectivity index (χ3n) is 6.29. The summed E-state index contributed by atoms with van der Waals surface area (Å²) in [6.07, 6.45) is 9.02. The monoisotopic (exact) mass is 447 g/mol. The average molecular weight is 448 g/mol. The molecule has 0 spiro atoms. The van der Waals surface area contributed by atoms with Gasteiger partial charge in [0.15, 0.2) is 0 Å². The van der Waals surface area contributed by atoms with E-state index in [1.165, 1.54) is 6.33 Å². The summed E-state index contributed by atoms with van der Waals surface area (Å²) < 4.78 is 1.72. The first kappa shape index (κ1) is 21.2. The molecule has 1 aliphatic heterocycles. The lowest BCUT2D eigenvalue weighted by molar-refractivity contribution is 0.191. The molecule has 2 fully saturated rings. The summed E-state index contributed by atoms with van der Waals surface area (Å²) in [4.78, 5) is 30.0. The van der Waals surface area contributed by atoms with Crippen LogP contribution in [0.4, 0.5) is 16.4 Å². The first-order chi connectivity index (χ1) is 16.2. The van der Waals surface area contributed by atoms with Gasteiger partial charge in [-0.15, -0.1) is 0 Å². The van der Waals surface area contributed by atoms with Crippen molar-refractivity contribution in [1.29, 1.82) is 0 Å². The maximum atomic E-state index is 13.1. The SMILES string of the molecule is CNc1cc(N2CCCC2CNC(=O)N(Cc2ccc(-n3cncn3)cc2)C2CC2)ncn1. The van der Waals surface area contributed by atoms with Crippen LogP contribution >= 0.6 is 0 Å². The van der Waals surface area contributed by atoms with Gasteiger partial charge in [0.25, 0.3) is 0 Å².